The first-order valence-electron chi connectivity index (χ1n) is 6.68. The molecule has 2 rings (SSSR count). The molecule has 0 radical (unpaired) electrons. The van der Waals surface area contributed by atoms with Gasteiger partial charge in [0.15, 0.2) is 0 Å². The van der Waals surface area contributed by atoms with E-state index in [-0.39, 0.29) is 16.2 Å². The molecule has 1 aromatic rings. The molecule has 0 spiro atoms. The van der Waals surface area contributed by atoms with E-state index in [1.807, 2.05) is 0 Å². The summed E-state index contributed by atoms with van der Waals surface area (Å²) in [5.41, 5.74) is 5.27. The third-order valence-electron chi connectivity index (χ3n) is 3.99. The van der Waals surface area contributed by atoms with Crippen molar-refractivity contribution in [3.8, 4) is 0 Å². The average molecular weight is 318 g/mol. The first kappa shape index (κ1) is 15.8. The summed E-state index contributed by atoms with van der Waals surface area (Å²) in [6.45, 7) is 4.40. The summed E-state index contributed by atoms with van der Waals surface area (Å²) in [7, 11) is -3.58. The molecule has 0 aliphatic heterocycles. The number of sulfonamides is 1. The molecule has 1 aliphatic carbocycles. The van der Waals surface area contributed by atoms with E-state index in [4.69, 9.17) is 5.73 Å². The number of hydrogen-bond acceptors (Lipinski definition) is 5. The molecule has 1 aliphatic rings. The van der Waals surface area contributed by atoms with E-state index >= 15 is 0 Å². The van der Waals surface area contributed by atoms with Gasteiger partial charge in [-0.05, 0) is 37.2 Å². The van der Waals surface area contributed by atoms with Crippen molar-refractivity contribution in [2.75, 3.05) is 12.3 Å². The summed E-state index contributed by atoms with van der Waals surface area (Å²) in [6, 6.07) is 1.43. The van der Waals surface area contributed by atoms with Crippen molar-refractivity contribution in [1.82, 2.24) is 4.72 Å². The second-order valence-electron chi connectivity index (χ2n) is 6.41. The maximum absolute atomic E-state index is 12.1. The molecule has 0 saturated heterocycles. The lowest BCUT2D eigenvalue weighted by atomic mass is 9.71. The minimum Gasteiger partial charge on any atom is -0.398 e. The number of anilines is 1. The van der Waals surface area contributed by atoms with E-state index in [9.17, 15) is 13.5 Å². The van der Waals surface area contributed by atoms with E-state index in [1.54, 1.807) is 5.38 Å². The zero-order valence-electron chi connectivity index (χ0n) is 11.8. The largest absolute Gasteiger partial charge is 0.398 e. The fraction of sp³-hybridized carbons (Fsp3) is 0.692. The lowest BCUT2D eigenvalue weighted by molar-refractivity contribution is -0.0205. The lowest BCUT2D eigenvalue weighted by Gasteiger charge is -2.40. The molecule has 1 aromatic heterocycles. The Balaban J connectivity index is 1.98. The van der Waals surface area contributed by atoms with Crippen LogP contribution in [0.5, 0.6) is 0 Å². The van der Waals surface area contributed by atoms with Crippen molar-refractivity contribution in [3.05, 3.63) is 11.4 Å². The van der Waals surface area contributed by atoms with Gasteiger partial charge in [-0.1, -0.05) is 13.8 Å². The van der Waals surface area contributed by atoms with Gasteiger partial charge >= 0.3 is 0 Å². The summed E-state index contributed by atoms with van der Waals surface area (Å²) >= 11 is 1.08. The molecule has 0 unspecified atom stereocenters. The summed E-state index contributed by atoms with van der Waals surface area (Å²) in [5, 5.41) is 12.1. The minimum atomic E-state index is -3.58. The maximum Gasteiger partial charge on any atom is 0.250 e. The van der Waals surface area contributed by atoms with Crippen molar-refractivity contribution in [1.29, 1.82) is 0 Å². The normalized spacial score (nSPS) is 21.8. The van der Waals surface area contributed by atoms with E-state index in [0.29, 0.717) is 18.5 Å². The molecular weight excluding hydrogens is 296 g/mol. The van der Waals surface area contributed by atoms with Crippen LogP contribution in [-0.4, -0.2) is 25.7 Å². The predicted molar refractivity (Wildman–Crippen MR) is 81.1 cm³/mol. The minimum absolute atomic E-state index is 0.0587. The topological polar surface area (TPSA) is 92.4 Å². The molecule has 0 bridgehead atoms. The number of aliphatic hydroxyl groups is 1. The van der Waals surface area contributed by atoms with Crippen LogP contribution in [0.3, 0.4) is 0 Å². The smallest absolute Gasteiger partial charge is 0.250 e. The van der Waals surface area contributed by atoms with Gasteiger partial charge in [0.25, 0.3) is 0 Å². The zero-order chi connectivity index (χ0) is 15.0. The zero-order valence-corrected chi connectivity index (χ0v) is 13.5. The quantitative estimate of drug-likeness (QED) is 0.791. The van der Waals surface area contributed by atoms with Crippen molar-refractivity contribution in [3.63, 3.8) is 0 Å². The van der Waals surface area contributed by atoms with Gasteiger partial charge in [0.05, 0.1) is 5.60 Å². The van der Waals surface area contributed by atoms with E-state index < -0.39 is 15.6 Å². The molecule has 4 N–H and O–H groups in total. The highest BCUT2D eigenvalue weighted by atomic mass is 32.2. The van der Waals surface area contributed by atoms with Crippen molar-refractivity contribution >= 4 is 27.0 Å². The molecule has 20 heavy (non-hydrogen) atoms. The van der Waals surface area contributed by atoms with E-state index in [1.165, 1.54) is 6.07 Å². The number of nitrogens with one attached hydrogen (secondary N) is 1. The molecule has 7 heteroatoms. The fourth-order valence-corrected chi connectivity index (χ4v) is 4.58. The number of nitrogens with two attached hydrogens (primary N) is 1. The highest BCUT2D eigenvalue weighted by molar-refractivity contribution is 7.91. The molecule has 114 valence electrons. The Bertz CT molecular complexity index is 568. The van der Waals surface area contributed by atoms with Gasteiger partial charge in [0, 0.05) is 17.6 Å². The summed E-state index contributed by atoms with van der Waals surface area (Å²) < 4.78 is 26.9. The number of rotatable bonds is 4. The fourth-order valence-electron chi connectivity index (χ4n) is 2.34. The molecule has 1 fully saturated rings. The number of nitrogen functional groups attached to an aromatic ring is 1. The summed E-state index contributed by atoms with van der Waals surface area (Å²) in [5.74, 6) is 0. The maximum atomic E-state index is 12.1. The van der Waals surface area contributed by atoms with Crippen LogP contribution in [0.15, 0.2) is 15.7 Å². The van der Waals surface area contributed by atoms with Gasteiger partial charge in [-0.3, -0.25) is 0 Å². The van der Waals surface area contributed by atoms with Crippen molar-refractivity contribution < 1.29 is 13.5 Å². The third-order valence-corrected chi connectivity index (χ3v) is 6.85. The van der Waals surface area contributed by atoms with Crippen LogP contribution >= 0.6 is 11.3 Å². The van der Waals surface area contributed by atoms with Gasteiger partial charge in [-0.15, -0.1) is 11.3 Å². The second kappa shape index (κ2) is 5.29. The van der Waals surface area contributed by atoms with Crippen LogP contribution in [0.1, 0.15) is 39.5 Å². The first-order chi connectivity index (χ1) is 9.12. The Morgan fingerprint density at radius 1 is 1.35 bits per heavy atom. The lowest BCUT2D eigenvalue weighted by Crippen LogP contribution is -2.46. The van der Waals surface area contributed by atoms with Crippen LogP contribution in [0.25, 0.3) is 0 Å². The Morgan fingerprint density at radius 2 is 1.95 bits per heavy atom. The Morgan fingerprint density at radius 3 is 2.45 bits per heavy atom. The molecule has 0 aromatic carbocycles. The Hall–Kier alpha value is -0.630. The predicted octanol–water partition coefficient (Wildman–Crippen LogP) is 1.94. The van der Waals surface area contributed by atoms with Gasteiger partial charge in [-0.2, -0.15) is 0 Å². The van der Waals surface area contributed by atoms with Gasteiger partial charge in [0.1, 0.15) is 4.21 Å². The molecular formula is C13H22N2O3S2. The Labute approximate surface area is 124 Å². The molecule has 1 heterocycles. The second-order valence-corrected chi connectivity index (χ2v) is 9.32. The van der Waals surface area contributed by atoms with E-state index in [2.05, 4.69) is 18.6 Å². The summed E-state index contributed by atoms with van der Waals surface area (Å²) in [6.07, 6.45) is 3.04. The summed E-state index contributed by atoms with van der Waals surface area (Å²) in [4.78, 5) is 0. The van der Waals surface area contributed by atoms with E-state index in [0.717, 1.165) is 24.2 Å². The van der Waals surface area contributed by atoms with Crippen LogP contribution in [0.4, 0.5) is 5.69 Å². The van der Waals surface area contributed by atoms with Crippen LogP contribution < -0.4 is 10.5 Å². The number of hydrogen-bond donors (Lipinski definition) is 3. The van der Waals surface area contributed by atoms with Crippen molar-refractivity contribution in [2.24, 2.45) is 5.41 Å². The SMILES string of the molecule is CC1(C)CCC(O)(CNS(=O)(=O)c2cc(N)cs2)CC1. The van der Waals surface area contributed by atoms with Crippen molar-refractivity contribution in [2.45, 2.75) is 49.3 Å². The Kier molecular flexibility index (Phi) is 4.17. The van der Waals surface area contributed by atoms with Crippen LogP contribution in [0.2, 0.25) is 0 Å². The number of thiophene rings is 1. The monoisotopic (exact) mass is 318 g/mol. The standard InChI is InChI=1S/C13H22N2O3S2/c1-12(2)3-5-13(16,6-4-12)9-15-20(17,18)11-7-10(14)8-19-11/h7-8,15-16H,3-6,9,14H2,1-2H3. The first-order valence-corrected chi connectivity index (χ1v) is 9.04. The molecule has 5 nitrogen and oxygen atoms in total. The molecule has 1 saturated carbocycles. The van der Waals surface area contributed by atoms with Gasteiger partial charge in [-0.25, -0.2) is 13.1 Å². The van der Waals surface area contributed by atoms with Crippen LogP contribution in [-0.2, 0) is 10.0 Å². The third kappa shape index (κ3) is 3.72. The highest BCUT2D eigenvalue weighted by Crippen LogP contribution is 2.40. The van der Waals surface area contributed by atoms with Gasteiger partial charge in [0.2, 0.25) is 10.0 Å². The highest BCUT2D eigenvalue weighted by Gasteiger charge is 2.37. The molecule has 0 atom stereocenters. The van der Waals surface area contributed by atoms with Gasteiger partial charge < -0.3 is 10.8 Å². The van der Waals surface area contributed by atoms with Crippen LogP contribution in [0, 0.1) is 5.41 Å². The average Bonchev–Trinajstić information content (AvgIpc) is 2.79. The molecule has 0 amide bonds.